The second kappa shape index (κ2) is 8.05. The summed E-state index contributed by atoms with van der Waals surface area (Å²) in [6.45, 7) is 0. The molecule has 0 aliphatic heterocycles. The number of hydrogen-bond acceptors (Lipinski definition) is 4. The number of hydrazine groups is 1. The molecule has 130 valence electrons. The van der Waals surface area contributed by atoms with Gasteiger partial charge >= 0.3 is 0 Å². The fraction of sp³-hybridized carbons (Fsp3) is 0.300. The highest BCUT2D eigenvalue weighted by Gasteiger charge is 2.31. The maximum atomic E-state index is 12.9. The van der Waals surface area contributed by atoms with Crippen LogP contribution < -0.4 is 5.43 Å². The molecule has 0 spiro atoms. The van der Waals surface area contributed by atoms with Gasteiger partial charge in [0.25, 0.3) is 11.8 Å². The van der Waals surface area contributed by atoms with E-state index in [2.05, 4.69) is 5.43 Å². The molecular formula is C20H22N2O3. The molecule has 2 N–H and O–H groups in total. The maximum absolute atomic E-state index is 12.9. The standard InChI is InChI=1S/C20H22N2O3/c23-18-14-8-7-13-17(18)21-22(19(24)15-9-3-1-4-10-15)20(25)16-11-5-2-6-12-16/h1-6,9-12,17-18,21,23H,7-8,13-14H2. The molecule has 1 saturated carbocycles. The van der Waals surface area contributed by atoms with Crippen LogP contribution in [0.15, 0.2) is 60.7 Å². The minimum absolute atomic E-state index is 0.311. The Morgan fingerprint density at radius 1 is 0.840 bits per heavy atom. The molecule has 2 aromatic rings. The monoisotopic (exact) mass is 338 g/mol. The summed E-state index contributed by atoms with van der Waals surface area (Å²) in [6.07, 6.45) is 2.75. The van der Waals surface area contributed by atoms with Gasteiger partial charge < -0.3 is 5.11 Å². The molecule has 2 aromatic carbocycles. The fourth-order valence-electron chi connectivity index (χ4n) is 3.06. The van der Waals surface area contributed by atoms with Crippen molar-refractivity contribution in [3.05, 3.63) is 71.8 Å². The Balaban J connectivity index is 1.87. The maximum Gasteiger partial charge on any atom is 0.275 e. The van der Waals surface area contributed by atoms with E-state index < -0.39 is 17.9 Å². The normalized spacial score (nSPS) is 20.0. The number of rotatable bonds is 4. The molecule has 2 atom stereocenters. The van der Waals surface area contributed by atoms with Gasteiger partial charge in [-0.05, 0) is 37.1 Å². The van der Waals surface area contributed by atoms with Crippen LogP contribution in [0.2, 0.25) is 0 Å². The van der Waals surface area contributed by atoms with Crippen molar-refractivity contribution in [2.75, 3.05) is 0 Å². The molecular weight excluding hydrogens is 316 g/mol. The lowest BCUT2D eigenvalue weighted by Gasteiger charge is -2.33. The first-order chi connectivity index (χ1) is 12.2. The number of nitrogens with one attached hydrogen (secondary N) is 1. The molecule has 0 saturated heterocycles. The summed E-state index contributed by atoms with van der Waals surface area (Å²) < 4.78 is 0. The lowest BCUT2D eigenvalue weighted by Crippen LogP contribution is -2.55. The van der Waals surface area contributed by atoms with Crippen molar-refractivity contribution in [1.82, 2.24) is 10.4 Å². The highest BCUT2D eigenvalue weighted by molar-refractivity contribution is 6.09. The van der Waals surface area contributed by atoms with E-state index in [1.807, 2.05) is 12.1 Å². The van der Waals surface area contributed by atoms with Crippen LogP contribution in [0.25, 0.3) is 0 Å². The van der Waals surface area contributed by atoms with Crippen molar-refractivity contribution in [1.29, 1.82) is 0 Å². The van der Waals surface area contributed by atoms with E-state index >= 15 is 0 Å². The molecule has 1 aliphatic rings. The lowest BCUT2D eigenvalue weighted by atomic mass is 9.93. The van der Waals surface area contributed by atoms with E-state index in [1.165, 1.54) is 0 Å². The van der Waals surface area contributed by atoms with E-state index in [4.69, 9.17) is 0 Å². The van der Waals surface area contributed by atoms with Gasteiger partial charge in [0.2, 0.25) is 0 Å². The van der Waals surface area contributed by atoms with Crippen molar-refractivity contribution in [2.24, 2.45) is 0 Å². The summed E-state index contributed by atoms with van der Waals surface area (Å²) in [6, 6.07) is 17.0. The van der Waals surface area contributed by atoms with E-state index in [0.29, 0.717) is 17.5 Å². The minimum atomic E-state index is -0.566. The number of aliphatic hydroxyl groups excluding tert-OH is 1. The van der Waals surface area contributed by atoms with Crippen LogP contribution in [0.5, 0.6) is 0 Å². The van der Waals surface area contributed by atoms with Crippen molar-refractivity contribution in [3.63, 3.8) is 0 Å². The zero-order chi connectivity index (χ0) is 17.6. The van der Waals surface area contributed by atoms with Gasteiger partial charge in [-0.25, -0.2) is 10.4 Å². The Bertz CT molecular complexity index is 667. The first-order valence-corrected chi connectivity index (χ1v) is 8.60. The van der Waals surface area contributed by atoms with Crippen LogP contribution in [0.1, 0.15) is 46.4 Å². The molecule has 0 radical (unpaired) electrons. The highest BCUT2D eigenvalue weighted by atomic mass is 16.3. The third-order valence-corrected chi connectivity index (χ3v) is 4.47. The largest absolute Gasteiger partial charge is 0.391 e. The molecule has 5 heteroatoms. The summed E-state index contributed by atoms with van der Waals surface area (Å²) in [5.41, 5.74) is 3.83. The van der Waals surface area contributed by atoms with Crippen molar-refractivity contribution < 1.29 is 14.7 Å². The van der Waals surface area contributed by atoms with E-state index in [-0.39, 0.29) is 6.04 Å². The summed E-state index contributed by atoms with van der Waals surface area (Å²) >= 11 is 0. The second-order valence-corrected chi connectivity index (χ2v) is 6.27. The SMILES string of the molecule is O=C(c1ccccc1)N(NC1CCCCC1O)C(=O)c1ccccc1. The Morgan fingerprint density at radius 3 is 1.80 bits per heavy atom. The summed E-state index contributed by atoms with van der Waals surface area (Å²) in [7, 11) is 0. The van der Waals surface area contributed by atoms with Gasteiger partial charge in [-0.3, -0.25) is 9.59 Å². The van der Waals surface area contributed by atoms with Gasteiger partial charge in [0, 0.05) is 11.1 Å². The molecule has 3 rings (SSSR count). The second-order valence-electron chi connectivity index (χ2n) is 6.27. The number of carbonyl (C=O) groups is 2. The average Bonchev–Trinajstić information content (AvgIpc) is 2.68. The van der Waals surface area contributed by atoms with E-state index in [1.54, 1.807) is 48.5 Å². The van der Waals surface area contributed by atoms with E-state index in [0.717, 1.165) is 24.3 Å². The third-order valence-electron chi connectivity index (χ3n) is 4.47. The Kier molecular flexibility index (Phi) is 5.58. The lowest BCUT2D eigenvalue weighted by molar-refractivity contribution is 0.0285. The molecule has 0 aromatic heterocycles. The van der Waals surface area contributed by atoms with Gasteiger partial charge in [0.05, 0.1) is 12.1 Å². The van der Waals surface area contributed by atoms with Crippen LogP contribution >= 0.6 is 0 Å². The van der Waals surface area contributed by atoms with Gasteiger partial charge in [0.1, 0.15) is 0 Å². The van der Waals surface area contributed by atoms with Crippen LogP contribution in [-0.2, 0) is 0 Å². The van der Waals surface area contributed by atoms with E-state index in [9.17, 15) is 14.7 Å². The zero-order valence-electron chi connectivity index (χ0n) is 14.0. The Hall–Kier alpha value is -2.50. The summed E-state index contributed by atoms with van der Waals surface area (Å²) in [5.74, 6) is -0.848. The first-order valence-electron chi connectivity index (χ1n) is 8.60. The zero-order valence-corrected chi connectivity index (χ0v) is 14.0. The van der Waals surface area contributed by atoms with Crippen LogP contribution in [0, 0.1) is 0 Å². The van der Waals surface area contributed by atoms with Crippen LogP contribution in [-0.4, -0.2) is 34.1 Å². The summed E-state index contributed by atoms with van der Waals surface area (Å²) in [5, 5.41) is 11.3. The van der Waals surface area contributed by atoms with Gasteiger partial charge in [-0.15, -0.1) is 0 Å². The number of imide groups is 1. The van der Waals surface area contributed by atoms with Crippen LogP contribution in [0.3, 0.4) is 0 Å². The van der Waals surface area contributed by atoms with Gasteiger partial charge in [-0.2, -0.15) is 0 Å². The number of aliphatic hydroxyl groups is 1. The van der Waals surface area contributed by atoms with Gasteiger partial charge in [0.15, 0.2) is 0 Å². The highest BCUT2D eigenvalue weighted by Crippen LogP contribution is 2.20. The fourth-order valence-corrected chi connectivity index (χ4v) is 3.06. The predicted molar refractivity (Wildman–Crippen MR) is 94.8 cm³/mol. The molecule has 2 amide bonds. The molecule has 25 heavy (non-hydrogen) atoms. The third kappa shape index (κ3) is 4.13. The number of hydrogen-bond donors (Lipinski definition) is 2. The minimum Gasteiger partial charge on any atom is -0.391 e. The molecule has 1 fully saturated rings. The van der Waals surface area contributed by atoms with Gasteiger partial charge in [-0.1, -0.05) is 49.2 Å². The molecule has 2 unspecified atom stereocenters. The summed E-state index contributed by atoms with van der Waals surface area (Å²) in [4.78, 5) is 25.8. The van der Waals surface area contributed by atoms with Crippen molar-refractivity contribution in [3.8, 4) is 0 Å². The topological polar surface area (TPSA) is 69.6 Å². The molecule has 0 heterocycles. The van der Waals surface area contributed by atoms with Crippen LogP contribution in [0.4, 0.5) is 0 Å². The Labute approximate surface area is 147 Å². The molecule has 1 aliphatic carbocycles. The average molecular weight is 338 g/mol. The predicted octanol–water partition coefficient (Wildman–Crippen LogP) is 2.78. The Morgan fingerprint density at radius 2 is 1.32 bits per heavy atom. The number of nitrogens with zero attached hydrogens (tertiary/aromatic N) is 1. The quantitative estimate of drug-likeness (QED) is 0.664. The number of benzene rings is 2. The number of carbonyl (C=O) groups excluding carboxylic acids is 2. The van der Waals surface area contributed by atoms with Crippen molar-refractivity contribution >= 4 is 11.8 Å². The molecule has 5 nitrogen and oxygen atoms in total. The first kappa shape index (κ1) is 17.3. The number of amides is 2. The van der Waals surface area contributed by atoms with Crippen molar-refractivity contribution in [2.45, 2.75) is 37.8 Å². The smallest absolute Gasteiger partial charge is 0.275 e. The molecule has 0 bridgehead atoms.